The Hall–Kier alpha value is -0.530. The molecule has 1 unspecified atom stereocenters. The van der Waals surface area contributed by atoms with Gasteiger partial charge in [-0.05, 0) is 24.3 Å². The van der Waals surface area contributed by atoms with Gasteiger partial charge in [0.1, 0.15) is 0 Å². The third-order valence-corrected chi connectivity index (χ3v) is 2.79. The van der Waals surface area contributed by atoms with Gasteiger partial charge < -0.3 is 4.74 Å². The first-order valence-corrected chi connectivity index (χ1v) is 6.04. The molecule has 0 amide bonds. The van der Waals surface area contributed by atoms with Gasteiger partial charge in [0.2, 0.25) is 0 Å². The van der Waals surface area contributed by atoms with Crippen molar-refractivity contribution in [3.05, 3.63) is 35.9 Å². The minimum absolute atomic E-state index is 0.461. The van der Waals surface area contributed by atoms with Gasteiger partial charge in [0.15, 0.2) is 0 Å². The zero-order valence-corrected chi connectivity index (χ0v) is 10.0. The summed E-state index contributed by atoms with van der Waals surface area (Å²) in [5, 5.41) is 0. The van der Waals surface area contributed by atoms with Gasteiger partial charge in [-0.25, -0.2) is 0 Å². The molecule has 1 nitrogen and oxygen atoms in total. The van der Waals surface area contributed by atoms with Gasteiger partial charge >= 0.3 is 0 Å². The predicted octanol–water partition coefficient (Wildman–Crippen LogP) is 3.51. The number of hydrogen-bond donors (Lipinski definition) is 0. The summed E-state index contributed by atoms with van der Waals surface area (Å²) in [6.45, 7) is 3.71. The lowest BCUT2D eigenvalue weighted by molar-refractivity contribution is 0.109. The Morgan fingerprint density at radius 1 is 1.27 bits per heavy atom. The van der Waals surface area contributed by atoms with Crippen LogP contribution in [0.4, 0.5) is 0 Å². The minimum atomic E-state index is 0.461. The zero-order chi connectivity index (χ0) is 10.9. The van der Waals surface area contributed by atoms with E-state index in [4.69, 9.17) is 16.3 Å². The average Bonchev–Trinajstić information content (AvgIpc) is 2.29. The van der Waals surface area contributed by atoms with Crippen molar-refractivity contribution in [3.63, 3.8) is 0 Å². The molecule has 0 N–H and O–H groups in total. The summed E-state index contributed by atoms with van der Waals surface area (Å²) in [6, 6.07) is 10.5. The maximum Gasteiger partial charge on any atom is 0.0503 e. The highest BCUT2D eigenvalue weighted by Crippen LogP contribution is 2.03. The molecule has 2 heteroatoms. The van der Waals surface area contributed by atoms with Crippen LogP contribution < -0.4 is 0 Å². The van der Waals surface area contributed by atoms with E-state index < -0.39 is 0 Å². The second-order valence-corrected chi connectivity index (χ2v) is 4.23. The van der Waals surface area contributed by atoms with Crippen LogP contribution in [0.25, 0.3) is 0 Å². The zero-order valence-electron chi connectivity index (χ0n) is 9.29. The molecule has 0 spiro atoms. The fraction of sp³-hybridized carbons (Fsp3) is 0.538. The Kier molecular flexibility index (Phi) is 6.45. The van der Waals surface area contributed by atoms with E-state index in [0.717, 1.165) is 26.1 Å². The van der Waals surface area contributed by atoms with Crippen molar-refractivity contribution in [2.75, 3.05) is 19.1 Å². The Morgan fingerprint density at radius 2 is 2.00 bits per heavy atom. The predicted molar refractivity (Wildman–Crippen MR) is 65.5 cm³/mol. The topological polar surface area (TPSA) is 9.23 Å². The van der Waals surface area contributed by atoms with Gasteiger partial charge in [0, 0.05) is 12.5 Å². The van der Waals surface area contributed by atoms with Crippen LogP contribution in [0, 0.1) is 5.92 Å². The molecule has 1 aromatic rings. The van der Waals surface area contributed by atoms with Gasteiger partial charge in [-0.1, -0.05) is 37.3 Å². The number of aryl methyl sites for hydroxylation is 1. The summed E-state index contributed by atoms with van der Waals surface area (Å²) in [5.74, 6) is 1.14. The molecule has 0 aliphatic rings. The third-order valence-electron chi connectivity index (χ3n) is 2.26. The molecule has 0 aliphatic heterocycles. The molecule has 0 radical (unpaired) electrons. The molecule has 0 saturated heterocycles. The molecule has 1 rings (SSSR count). The van der Waals surface area contributed by atoms with Crippen molar-refractivity contribution >= 4 is 11.6 Å². The van der Waals surface area contributed by atoms with Crippen LogP contribution in [-0.4, -0.2) is 19.1 Å². The van der Waals surface area contributed by atoms with E-state index in [-0.39, 0.29) is 0 Å². The first-order chi connectivity index (χ1) is 7.33. The highest BCUT2D eigenvalue weighted by Gasteiger charge is 1.99. The van der Waals surface area contributed by atoms with Crippen molar-refractivity contribution in [3.8, 4) is 0 Å². The summed E-state index contributed by atoms with van der Waals surface area (Å²) >= 11 is 5.68. The van der Waals surface area contributed by atoms with Crippen molar-refractivity contribution < 1.29 is 4.74 Å². The Morgan fingerprint density at radius 3 is 2.67 bits per heavy atom. The van der Waals surface area contributed by atoms with E-state index in [2.05, 4.69) is 31.2 Å². The van der Waals surface area contributed by atoms with E-state index in [0.29, 0.717) is 11.8 Å². The molecular formula is C13H19ClO. The van der Waals surface area contributed by atoms with Gasteiger partial charge in [-0.15, -0.1) is 11.6 Å². The lowest BCUT2D eigenvalue weighted by Gasteiger charge is -2.08. The standard InChI is InChI=1S/C13H19ClO/c1-12(10-14)11-15-9-5-8-13-6-3-2-4-7-13/h2-4,6-7,12H,5,8-11H2,1H3. The lowest BCUT2D eigenvalue weighted by atomic mass is 10.1. The van der Waals surface area contributed by atoms with Gasteiger partial charge in [0.05, 0.1) is 6.61 Å². The lowest BCUT2D eigenvalue weighted by Crippen LogP contribution is -2.08. The van der Waals surface area contributed by atoms with E-state index in [9.17, 15) is 0 Å². The second-order valence-electron chi connectivity index (χ2n) is 3.92. The molecule has 1 aromatic carbocycles. The van der Waals surface area contributed by atoms with Crippen LogP contribution in [0.2, 0.25) is 0 Å². The van der Waals surface area contributed by atoms with Crippen LogP contribution >= 0.6 is 11.6 Å². The number of halogens is 1. The minimum Gasteiger partial charge on any atom is -0.381 e. The maximum absolute atomic E-state index is 5.68. The number of hydrogen-bond acceptors (Lipinski definition) is 1. The van der Waals surface area contributed by atoms with Crippen molar-refractivity contribution in [2.45, 2.75) is 19.8 Å². The van der Waals surface area contributed by atoms with Crippen molar-refractivity contribution in [1.29, 1.82) is 0 Å². The quantitative estimate of drug-likeness (QED) is 0.511. The van der Waals surface area contributed by atoms with Gasteiger partial charge in [-0.2, -0.15) is 0 Å². The largest absolute Gasteiger partial charge is 0.381 e. The van der Waals surface area contributed by atoms with Gasteiger partial charge in [-0.3, -0.25) is 0 Å². The van der Waals surface area contributed by atoms with Crippen LogP contribution in [0.3, 0.4) is 0 Å². The molecule has 0 fully saturated rings. The molecule has 15 heavy (non-hydrogen) atoms. The molecule has 0 saturated carbocycles. The van der Waals surface area contributed by atoms with E-state index in [1.54, 1.807) is 0 Å². The van der Waals surface area contributed by atoms with Crippen LogP contribution in [-0.2, 0) is 11.2 Å². The van der Waals surface area contributed by atoms with Crippen LogP contribution in [0.15, 0.2) is 30.3 Å². The summed E-state index contributed by atoms with van der Waals surface area (Å²) in [5.41, 5.74) is 1.38. The fourth-order valence-corrected chi connectivity index (χ4v) is 1.44. The summed E-state index contributed by atoms with van der Waals surface area (Å²) in [6.07, 6.45) is 2.18. The number of rotatable bonds is 7. The second kappa shape index (κ2) is 7.72. The molecule has 84 valence electrons. The highest BCUT2D eigenvalue weighted by atomic mass is 35.5. The molecule has 0 aliphatic carbocycles. The smallest absolute Gasteiger partial charge is 0.0503 e. The summed E-state index contributed by atoms with van der Waals surface area (Å²) < 4.78 is 5.52. The van der Waals surface area contributed by atoms with E-state index in [1.165, 1.54) is 5.56 Å². The number of ether oxygens (including phenoxy) is 1. The molecule has 0 bridgehead atoms. The van der Waals surface area contributed by atoms with E-state index in [1.807, 2.05) is 6.07 Å². The molecule has 0 heterocycles. The Bertz CT molecular complexity index is 248. The van der Waals surface area contributed by atoms with Gasteiger partial charge in [0.25, 0.3) is 0 Å². The summed E-state index contributed by atoms with van der Waals surface area (Å²) in [7, 11) is 0. The first-order valence-electron chi connectivity index (χ1n) is 5.50. The number of alkyl halides is 1. The highest BCUT2D eigenvalue weighted by molar-refractivity contribution is 6.18. The number of benzene rings is 1. The maximum atomic E-state index is 5.68. The van der Waals surface area contributed by atoms with E-state index >= 15 is 0 Å². The third kappa shape index (κ3) is 5.81. The van der Waals surface area contributed by atoms with Crippen LogP contribution in [0.1, 0.15) is 18.9 Å². The summed E-state index contributed by atoms with van der Waals surface area (Å²) in [4.78, 5) is 0. The van der Waals surface area contributed by atoms with Crippen molar-refractivity contribution in [2.24, 2.45) is 5.92 Å². The molecular weight excluding hydrogens is 208 g/mol. The monoisotopic (exact) mass is 226 g/mol. The SMILES string of the molecule is CC(CCl)COCCCc1ccccc1. The van der Waals surface area contributed by atoms with Crippen molar-refractivity contribution in [1.82, 2.24) is 0 Å². The first kappa shape index (κ1) is 12.5. The fourth-order valence-electron chi connectivity index (χ4n) is 1.35. The molecule has 0 aromatic heterocycles. The normalized spacial score (nSPS) is 12.7. The molecule has 1 atom stereocenters. The Balaban J connectivity index is 2.03. The average molecular weight is 227 g/mol. The Labute approximate surface area is 97.4 Å². The van der Waals surface area contributed by atoms with Crippen LogP contribution in [0.5, 0.6) is 0 Å².